The van der Waals surface area contributed by atoms with E-state index in [1.807, 2.05) is 0 Å². The SMILES string of the molecule is O=C1CCCC(C(O)C(F)(F)F)C1. The number of hydrogen-bond acceptors (Lipinski definition) is 2. The average Bonchev–Trinajstić information content (AvgIpc) is 2.01. The molecule has 0 heterocycles. The number of hydrogen-bond donors (Lipinski definition) is 1. The summed E-state index contributed by atoms with van der Waals surface area (Å²) in [5, 5.41) is 8.85. The van der Waals surface area contributed by atoms with Gasteiger partial charge in [-0.15, -0.1) is 0 Å². The number of alkyl halides is 3. The molecule has 0 radical (unpaired) electrons. The fourth-order valence-electron chi connectivity index (χ4n) is 1.59. The van der Waals surface area contributed by atoms with Gasteiger partial charge >= 0.3 is 6.18 Å². The first-order valence-electron chi connectivity index (χ1n) is 4.17. The van der Waals surface area contributed by atoms with Crippen molar-refractivity contribution >= 4 is 5.78 Å². The molecule has 0 aliphatic heterocycles. The number of carbonyl (C=O) groups excluding carboxylic acids is 1. The van der Waals surface area contributed by atoms with Crippen molar-refractivity contribution in [3.05, 3.63) is 0 Å². The Kier molecular flexibility index (Phi) is 2.95. The molecule has 0 spiro atoms. The lowest BCUT2D eigenvalue weighted by Gasteiger charge is -2.27. The van der Waals surface area contributed by atoms with Crippen LogP contribution in [-0.4, -0.2) is 23.2 Å². The van der Waals surface area contributed by atoms with Gasteiger partial charge in [0.05, 0.1) is 0 Å². The molecule has 5 heteroatoms. The molecule has 0 aromatic rings. The highest BCUT2D eigenvalue weighted by Crippen LogP contribution is 2.33. The number of aliphatic hydroxyl groups excluding tert-OH is 1. The third-order valence-electron chi connectivity index (χ3n) is 2.30. The lowest BCUT2D eigenvalue weighted by atomic mass is 9.84. The summed E-state index contributed by atoms with van der Waals surface area (Å²) >= 11 is 0. The molecule has 1 fully saturated rings. The largest absolute Gasteiger partial charge is 0.414 e. The first kappa shape index (κ1) is 10.5. The number of Topliss-reactive ketones (excluding diaryl/α,β-unsaturated/α-hetero) is 1. The van der Waals surface area contributed by atoms with Crippen molar-refractivity contribution in [3.63, 3.8) is 0 Å². The molecule has 0 aromatic carbocycles. The number of rotatable bonds is 1. The van der Waals surface area contributed by atoms with Crippen molar-refractivity contribution in [3.8, 4) is 0 Å². The highest BCUT2D eigenvalue weighted by atomic mass is 19.4. The van der Waals surface area contributed by atoms with Gasteiger partial charge in [-0.1, -0.05) is 0 Å². The van der Waals surface area contributed by atoms with Crippen LogP contribution in [-0.2, 0) is 4.79 Å². The highest BCUT2D eigenvalue weighted by Gasteiger charge is 2.44. The van der Waals surface area contributed by atoms with E-state index < -0.39 is 18.2 Å². The van der Waals surface area contributed by atoms with Crippen molar-refractivity contribution in [1.82, 2.24) is 0 Å². The van der Waals surface area contributed by atoms with Crippen LogP contribution < -0.4 is 0 Å². The van der Waals surface area contributed by atoms with Crippen molar-refractivity contribution in [2.45, 2.75) is 38.0 Å². The lowest BCUT2D eigenvalue weighted by Crippen LogP contribution is -2.38. The molecule has 1 N–H and O–H groups in total. The Balaban J connectivity index is 2.56. The van der Waals surface area contributed by atoms with Gasteiger partial charge in [0.1, 0.15) is 5.78 Å². The summed E-state index contributed by atoms with van der Waals surface area (Å²) in [4.78, 5) is 10.8. The third-order valence-corrected chi connectivity index (χ3v) is 2.30. The average molecular weight is 196 g/mol. The fraction of sp³-hybridized carbons (Fsp3) is 0.875. The zero-order valence-electron chi connectivity index (χ0n) is 6.97. The van der Waals surface area contributed by atoms with E-state index in [0.29, 0.717) is 12.8 Å². The van der Waals surface area contributed by atoms with Crippen LogP contribution in [0.25, 0.3) is 0 Å². The zero-order valence-corrected chi connectivity index (χ0v) is 6.97. The molecule has 0 bridgehead atoms. The molecule has 1 rings (SSSR count). The van der Waals surface area contributed by atoms with E-state index in [0.717, 1.165) is 0 Å². The minimum Gasteiger partial charge on any atom is -0.383 e. The van der Waals surface area contributed by atoms with Crippen molar-refractivity contribution < 1.29 is 23.1 Å². The number of halogens is 3. The summed E-state index contributed by atoms with van der Waals surface area (Å²) in [6, 6.07) is 0. The summed E-state index contributed by atoms with van der Waals surface area (Å²) in [5.74, 6) is -1.11. The summed E-state index contributed by atoms with van der Waals surface area (Å²) < 4.78 is 36.0. The molecule has 76 valence electrons. The minimum atomic E-state index is -4.59. The Morgan fingerprint density at radius 3 is 2.54 bits per heavy atom. The molecule has 0 amide bonds. The van der Waals surface area contributed by atoms with E-state index in [-0.39, 0.29) is 18.6 Å². The molecular weight excluding hydrogens is 185 g/mol. The molecule has 13 heavy (non-hydrogen) atoms. The molecule has 0 aromatic heterocycles. The molecule has 2 atom stereocenters. The van der Waals surface area contributed by atoms with E-state index in [1.54, 1.807) is 0 Å². The maximum absolute atomic E-state index is 12.0. The predicted octanol–water partition coefficient (Wildman–Crippen LogP) is 1.67. The smallest absolute Gasteiger partial charge is 0.383 e. The van der Waals surface area contributed by atoms with Crippen molar-refractivity contribution in [1.29, 1.82) is 0 Å². The summed E-state index contributed by atoms with van der Waals surface area (Å²) in [5.41, 5.74) is 0. The fourth-order valence-corrected chi connectivity index (χ4v) is 1.59. The van der Waals surface area contributed by atoms with E-state index in [9.17, 15) is 18.0 Å². The van der Waals surface area contributed by atoms with Gasteiger partial charge in [0.15, 0.2) is 6.10 Å². The summed E-state index contributed by atoms with van der Waals surface area (Å²) in [7, 11) is 0. The maximum atomic E-state index is 12.0. The van der Waals surface area contributed by atoms with Crippen LogP contribution in [0.4, 0.5) is 13.2 Å². The second-order valence-corrected chi connectivity index (χ2v) is 3.38. The first-order valence-corrected chi connectivity index (χ1v) is 4.17. The molecule has 2 unspecified atom stereocenters. The Bertz CT molecular complexity index is 200. The van der Waals surface area contributed by atoms with Gasteiger partial charge in [0.2, 0.25) is 0 Å². The lowest BCUT2D eigenvalue weighted by molar-refractivity contribution is -0.221. The van der Waals surface area contributed by atoms with Gasteiger partial charge in [-0.05, 0) is 12.8 Å². The van der Waals surface area contributed by atoms with E-state index >= 15 is 0 Å². The summed E-state index contributed by atoms with van der Waals surface area (Å²) in [6.07, 6.45) is -5.98. The second kappa shape index (κ2) is 3.65. The van der Waals surface area contributed by atoms with Crippen LogP contribution in [0.3, 0.4) is 0 Å². The number of aliphatic hydroxyl groups is 1. The van der Waals surface area contributed by atoms with Gasteiger partial charge in [-0.25, -0.2) is 0 Å². The highest BCUT2D eigenvalue weighted by molar-refractivity contribution is 5.79. The van der Waals surface area contributed by atoms with Crippen LogP contribution in [0.5, 0.6) is 0 Å². The monoisotopic (exact) mass is 196 g/mol. The maximum Gasteiger partial charge on any atom is 0.414 e. The Hall–Kier alpha value is -0.580. The molecule has 2 nitrogen and oxygen atoms in total. The number of carbonyl (C=O) groups is 1. The molecule has 1 aliphatic carbocycles. The second-order valence-electron chi connectivity index (χ2n) is 3.38. The predicted molar refractivity (Wildman–Crippen MR) is 39.0 cm³/mol. The van der Waals surface area contributed by atoms with Crippen molar-refractivity contribution in [2.75, 3.05) is 0 Å². The van der Waals surface area contributed by atoms with Crippen LogP contribution in [0.2, 0.25) is 0 Å². The van der Waals surface area contributed by atoms with E-state index in [1.165, 1.54) is 0 Å². The summed E-state index contributed by atoms with van der Waals surface area (Å²) in [6.45, 7) is 0. The molecule has 1 saturated carbocycles. The zero-order chi connectivity index (χ0) is 10.1. The van der Waals surface area contributed by atoms with Crippen LogP contribution in [0, 0.1) is 5.92 Å². The molecule has 1 aliphatic rings. The van der Waals surface area contributed by atoms with Gasteiger partial charge in [0, 0.05) is 18.8 Å². The first-order chi connectivity index (χ1) is 5.91. The molecule has 0 saturated heterocycles. The van der Waals surface area contributed by atoms with E-state index in [2.05, 4.69) is 0 Å². The normalized spacial score (nSPS) is 27.4. The van der Waals surface area contributed by atoms with Gasteiger partial charge in [0.25, 0.3) is 0 Å². The van der Waals surface area contributed by atoms with Crippen LogP contribution in [0.15, 0.2) is 0 Å². The van der Waals surface area contributed by atoms with Crippen LogP contribution in [0.1, 0.15) is 25.7 Å². The topological polar surface area (TPSA) is 37.3 Å². The Morgan fingerprint density at radius 1 is 1.46 bits per heavy atom. The standard InChI is InChI=1S/C8H11F3O2/c9-8(10,11)7(13)5-2-1-3-6(12)4-5/h5,7,13H,1-4H2. The third kappa shape index (κ3) is 2.69. The van der Waals surface area contributed by atoms with Gasteiger partial charge in [-0.3, -0.25) is 4.79 Å². The Morgan fingerprint density at radius 2 is 2.08 bits per heavy atom. The van der Waals surface area contributed by atoms with Gasteiger partial charge < -0.3 is 5.11 Å². The number of ketones is 1. The van der Waals surface area contributed by atoms with Gasteiger partial charge in [-0.2, -0.15) is 13.2 Å². The Labute approximate surface area is 73.7 Å². The van der Waals surface area contributed by atoms with E-state index in [4.69, 9.17) is 5.11 Å². The quantitative estimate of drug-likeness (QED) is 0.692. The minimum absolute atomic E-state index is 0.138. The van der Waals surface area contributed by atoms with Crippen molar-refractivity contribution in [2.24, 2.45) is 5.92 Å². The molecular formula is C8H11F3O2. The van der Waals surface area contributed by atoms with Crippen LogP contribution >= 0.6 is 0 Å².